The molecule has 2 aromatic rings. The zero-order chi connectivity index (χ0) is 16.2. The summed E-state index contributed by atoms with van der Waals surface area (Å²) in [6.07, 6.45) is 2.59. The summed E-state index contributed by atoms with van der Waals surface area (Å²) in [6.45, 7) is 3.36. The van der Waals surface area contributed by atoms with E-state index in [1.165, 1.54) is 0 Å². The molecule has 0 spiro atoms. The number of fused-ring (bicyclic) bond motifs is 1. The number of thiazole rings is 1. The van der Waals surface area contributed by atoms with Gasteiger partial charge in [-0.05, 0) is 6.07 Å². The van der Waals surface area contributed by atoms with Crippen LogP contribution in [-0.2, 0) is 0 Å². The Labute approximate surface area is 140 Å². The minimum absolute atomic E-state index is 0.00469. The molecule has 0 unspecified atom stereocenters. The Morgan fingerprint density at radius 2 is 2.35 bits per heavy atom. The second kappa shape index (κ2) is 7.00. The van der Waals surface area contributed by atoms with Crippen molar-refractivity contribution >= 4 is 17.4 Å². The fourth-order valence-electron chi connectivity index (χ4n) is 2.80. The average Bonchev–Trinajstić information content (AvgIpc) is 3.09. The molecule has 1 aliphatic heterocycles. The van der Waals surface area contributed by atoms with Gasteiger partial charge in [-0.3, -0.25) is 0 Å². The van der Waals surface area contributed by atoms with Gasteiger partial charge in [0.1, 0.15) is 5.75 Å². The predicted octanol–water partition coefficient (Wildman–Crippen LogP) is 3.41. The van der Waals surface area contributed by atoms with Crippen molar-refractivity contribution in [3.8, 4) is 5.75 Å². The van der Waals surface area contributed by atoms with Gasteiger partial charge in [-0.2, -0.15) is 0 Å². The van der Waals surface area contributed by atoms with E-state index in [2.05, 4.69) is 17.2 Å². The molecule has 1 aromatic carbocycles. The van der Waals surface area contributed by atoms with Crippen molar-refractivity contribution in [3.63, 3.8) is 0 Å². The number of aromatic nitrogens is 1. The van der Waals surface area contributed by atoms with Gasteiger partial charge in [0.25, 0.3) is 0 Å². The van der Waals surface area contributed by atoms with E-state index in [0.717, 1.165) is 22.7 Å². The van der Waals surface area contributed by atoms with E-state index in [4.69, 9.17) is 4.74 Å². The summed E-state index contributed by atoms with van der Waals surface area (Å²) in [6, 6.07) is 7.82. The zero-order valence-electron chi connectivity index (χ0n) is 13.4. The van der Waals surface area contributed by atoms with E-state index < -0.39 is 0 Å². The quantitative estimate of drug-likeness (QED) is 0.934. The number of nitrogens with zero attached hydrogens (tertiary/aromatic N) is 2. The number of para-hydroxylation sites is 1. The molecule has 1 aromatic heterocycles. The van der Waals surface area contributed by atoms with Crippen LogP contribution in [0.2, 0.25) is 0 Å². The van der Waals surface area contributed by atoms with Gasteiger partial charge < -0.3 is 15.0 Å². The maximum Gasteiger partial charge on any atom is 0.317 e. The van der Waals surface area contributed by atoms with E-state index in [1.54, 1.807) is 22.4 Å². The van der Waals surface area contributed by atoms with Crippen LogP contribution in [0.3, 0.4) is 0 Å². The Kier molecular flexibility index (Phi) is 4.81. The molecule has 122 valence electrons. The number of ether oxygens (including phenoxy) is 1. The molecule has 0 saturated heterocycles. The van der Waals surface area contributed by atoms with Crippen molar-refractivity contribution in [2.24, 2.45) is 0 Å². The number of likely N-dealkylation sites (N-methyl/N-ethyl adjacent to an activating group) is 1. The topological polar surface area (TPSA) is 54.5 Å². The number of nitrogens with one attached hydrogen (secondary N) is 1. The highest BCUT2D eigenvalue weighted by atomic mass is 32.1. The van der Waals surface area contributed by atoms with Gasteiger partial charge in [0.05, 0.1) is 17.7 Å². The van der Waals surface area contributed by atoms with E-state index in [0.29, 0.717) is 13.2 Å². The van der Waals surface area contributed by atoms with E-state index >= 15 is 0 Å². The first-order valence-electron chi connectivity index (χ1n) is 7.78. The van der Waals surface area contributed by atoms with Crippen molar-refractivity contribution in [3.05, 3.63) is 46.4 Å². The minimum atomic E-state index is -0.0601. The minimum Gasteiger partial charge on any atom is -0.493 e. The Bertz CT molecular complexity index is 660. The van der Waals surface area contributed by atoms with Gasteiger partial charge in [-0.25, -0.2) is 9.78 Å². The Hall–Kier alpha value is -2.08. The van der Waals surface area contributed by atoms with Crippen LogP contribution in [-0.4, -0.2) is 36.1 Å². The molecule has 0 fully saturated rings. The normalized spacial score (nSPS) is 17.7. The molecule has 2 amide bonds. The number of rotatable bonds is 4. The lowest BCUT2D eigenvalue weighted by Crippen LogP contribution is -2.42. The lowest BCUT2D eigenvalue weighted by Gasteiger charge is -2.29. The summed E-state index contributed by atoms with van der Waals surface area (Å²) >= 11 is 1.63. The molecule has 0 bridgehead atoms. The van der Waals surface area contributed by atoms with Gasteiger partial charge in [-0.1, -0.05) is 25.1 Å². The van der Waals surface area contributed by atoms with Gasteiger partial charge >= 0.3 is 6.03 Å². The van der Waals surface area contributed by atoms with Crippen molar-refractivity contribution in [2.45, 2.75) is 25.3 Å². The summed E-state index contributed by atoms with van der Waals surface area (Å²) in [4.78, 5) is 18.5. The monoisotopic (exact) mass is 331 g/mol. The van der Waals surface area contributed by atoms with Gasteiger partial charge in [0, 0.05) is 43.1 Å². The highest BCUT2D eigenvalue weighted by Crippen LogP contribution is 2.31. The number of carbonyl (C=O) groups is 1. The smallest absolute Gasteiger partial charge is 0.317 e. The first-order chi connectivity index (χ1) is 11.1. The van der Waals surface area contributed by atoms with Crippen LogP contribution in [0.25, 0.3) is 0 Å². The molecule has 1 N–H and O–H groups in total. The van der Waals surface area contributed by atoms with Crippen LogP contribution in [0.5, 0.6) is 5.75 Å². The van der Waals surface area contributed by atoms with E-state index in [1.807, 2.05) is 36.7 Å². The Balaban J connectivity index is 1.61. The van der Waals surface area contributed by atoms with Gasteiger partial charge in [0.15, 0.2) is 0 Å². The maximum atomic E-state index is 12.5. The van der Waals surface area contributed by atoms with Gasteiger partial charge in [0.2, 0.25) is 0 Å². The molecule has 23 heavy (non-hydrogen) atoms. The molecular weight excluding hydrogens is 310 g/mol. The summed E-state index contributed by atoms with van der Waals surface area (Å²) < 4.78 is 5.64. The highest BCUT2D eigenvalue weighted by Gasteiger charge is 2.24. The number of carbonyl (C=O) groups excluding carboxylic acids is 1. The van der Waals surface area contributed by atoms with Crippen LogP contribution >= 0.6 is 11.3 Å². The maximum absolute atomic E-state index is 12.5. The number of hydrogen-bond donors (Lipinski definition) is 1. The summed E-state index contributed by atoms with van der Waals surface area (Å²) in [5, 5.41) is 6.14. The van der Waals surface area contributed by atoms with Crippen molar-refractivity contribution < 1.29 is 9.53 Å². The summed E-state index contributed by atoms with van der Waals surface area (Å²) in [5.41, 5.74) is 1.05. The first-order valence-corrected chi connectivity index (χ1v) is 8.66. The van der Waals surface area contributed by atoms with Crippen LogP contribution in [0.4, 0.5) is 4.79 Å². The molecule has 1 aliphatic rings. The molecule has 0 saturated carbocycles. The molecular formula is C17H21N3O2S. The Morgan fingerprint density at radius 1 is 1.52 bits per heavy atom. The zero-order valence-corrected chi connectivity index (χ0v) is 14.2. The third-order valence-corrected chi connectivity index (χ3v) is 5.03. The fourth-order valence-corrected chi connectivity index (χ4v) is 3.49. The molecule has 6 heteroatoms. The summed E-state index contributed by atoms with van der Waals surface area (Å²) in [5.74, 6) is 1.09. The molecule has 5 nitrogen and oxygen atoms in total. The molecule has 2 heterocycles. The van der Waals surface area contributed by atoms with Gasteiger partial charge in [-0.15, -0.1) is 11.3 Å². The predicted molar refractivity (Wildman–Crippen MR) is 91.0 cm³/mol. The van der Waals surface area contributed by atoms with Crippen molar-refractivity contribution in [2.75, 3.05) is 20.2 Å². The molecule has 0 aliphatic carbocycles. The SMILES string of the molecule is C[C@H](CN(C)C(=O)N[C@@H]1CCOc2ccccc21)c1nccs1. The fraction of sp³-hybridized carbons (Fsp3) is 0.412. The lowest BCUT2D eigenvalue weighted by molar-refractivity contribution is 0.194. The number of amides is 2. The van der Waals surface area contributed by atoms with E-state index in [-0.39, 0.29) is 18.0 Å². The average molecular weight is 331 g/mol. The number of benzene rings is 1. The second-order valence-electron chi connectivity index (χ2n) is 5.83. The van der Waals surface area contributed by atoms with E-state index in [9.17, 15) is 4.79 Å². The van der Waals surface area contributed by atoms with Crippen LogP contribution in [0, 0.1) is 0 Å². The largest absolute Gasteiger partial charge is 0.493 e. The van der Waals surface area contributed by atoms with Crippen molar-refractivity contribution in [1.82, 2.24) is 15.2 Å². The number of urea groups is 1. The summed E-state index contributed by atoms with van der Waals surface area (Å²) in [7, 11) is 1.82. The van der Waals surface area contributed by atoms with Crippen LogP contribution in [0.1, 0.15) is 35.9 Å². The molecule has 0 radical (unpaired) electrons. The van der Waals surface area contributed by atoms with Crippen LogP contribution < -0.4 is 10.1 Å². The van der Waals surface area contributed by atoms with Crippen LogP contribution in [0.15, 0.2) is 35.8 Å². The third kappa shape index (κ3) is 3.64. The number of hydrogen-bond acceptors (Lipinski definition) is 4. The molecule has 3 rings (SSSR count). The highest BCUT2D eigenvalue weighted by molar-refractivity contribution is 7.09. The third-order valence-electron chi connectivity index (χ3n) is 4.02. The standard InChI is InChI=1S/C17H21N3O2S/c1-12(16-18-8-10-23-16)11-20(2)17(21)19-14-7-9-22-15-6-4-3-5-13(14)15/h3-6,8,10,12,14H,7,9,11H2,1-2H3,(H,19,21)/t12-,14-/m1/s1. The second-order valence-corrected chi connectivity index (χ2v) is 6.76. The Morgan fingerprint density at radius 3 is 3.13 bits per heavy atom. The lowest BCUT2D eigenvalue weighted by atomic mass is 10.0. The first kappa shape index (κ1) is 15.8. The van der Waals surface area contributed by atoms with Crippen molar-refractivity contribution in [1.29, 1.82) is 0 Å². The molecule has 2 atom stereocenters.